The first-order chi connectivity index (χ1) is 15.4. The van der Waals surface area contributed by atoms with E-state index >= 15 is 4.39 Å². The second-order valence-corrected chi connectivity index (χ2v) is 8.69. The Morgan fingerprint density at radius 2 is 1.81 bits per heavy atom. The lowest BCUT2D eigenvalue weighted by molar-refractivity contribution is 0.599. The number of allylic oxidation sites excluding steroid dienone is 3. The van der Waals surface area contributed by atoms with Crippen molar-refractivity contribution in [2.75, 3.05) is 4.72 Å². The molecule has 0 saturated heterocycles. The van der Waals surface area contributed by atoms with E-state index in [1.165, 1.54) is 18.5 Å². The highest BCUT2D eigenvalue weighted by molar-refractivity contribution is 7.92. The van der Waals surface area contributed by atoms with Gasteiger partial charge in [0.1, 0.15) is 23.6 Å². The van der Waals surface area contributed by atoms with Crippen LogP contribution in [0.15, 0.2) is 83.7 Å². The molecule has 0 atom stereocenters. The maximum Gasteiger partial charge on any atom is 0.261 e. The van der Waals surface area contributed by atoms with Gasteiger partial charge in [-0.1, -0.05) is 6.08 Å². The van der Waals surface area contributed by atoms with Gasteiger partial charge in [0.25, 0.3) is 10.0 Å². The van der Waals surface area contributed by atoms with Crippen LogP contribution < -0.4 is 4.72 Å². The molecule has 0 fully saturated rings. The van der Waals surface area contributed by atoms with Gasteiger partial charge in [0.2, 0.25) is 0 Å². The third-order valence-electron chi connectivity index (χ3n) is 4.91. The number of benzene rings is 2. The minimum atomic E-state index is -4.00. The average Bonchev–Trinajstić information content (AvgIpc) is 3.43. The van der Waals surface area contributed by atoms with E-state index in [4.69, 9.17) is 0 Å². The van der Waals surface area contributed by atoms with E-state index in [1.807, 2.05) is 18.2 Å². The maximum atomic E-state index is 15.0. The molecule has 1 aliphatic rings. The monoisotopic (exact) mass is 448 g/mol. The van der Waals surface area contributed by atoms with Crippen molar-refractivity contribution < 1.29 is 17.2 Å². The van der Waals surface area contributed by atoms with Crippen LogP contribution in [0.3, 0.4) is 0 Å². The summed E-state index contributed by atoms with van der Waals surface area (Å²) in [5.41, 5.74) is 5.85. The van der Waals surface area contributed by atoms with Crippen molar-refractivity contribution in [3.8, 4) is 11.3 Å². The number of sulfonamides is 1. The Hall–Kier alpha value is -4.07. The molecule has 0 saturated carbocycles. The van der Waals surface area contributed by atoms with Crippen LogP contribution in [0.2, 0.25) is 0 Å². The molecule has 5 rings (SSSR count). The molecule has 2 N–H and O–H groups in total. The zero-order chi connectivity index (χ0) is 22.3. The van der Waals surface area contributed by atoms with Gasteiger partial charge in [0, 0.05) is 16.5 Å². The van der Waals surface area contributed by atoms with Gasteiger partial charge in [-0.15, -0.1) is 5.73 Å². The first-order valence-corrected chi connectivity index (χ1v) is 10.9. The van der Waals surface area contributed by atoms with Crippen molar-refractivity contribution >= 4 is 32.3 Å². The number of nitrogens with zero attached hydrogens (tertiary/aromatic N) is 2. The quantitative estimate of drug-likeness (QED) is 0.429. The Kier molecular flexibility index (Phi) is 4.70. The van der Waals surface area contributed by atoms with E-state index < -0.39 is 21.7 Å². The fourth-order valence-corrected chi connectivity index (χ4v) is 4.45. The topological polar surface area (TPSA) is 87.7 Å². The summed E-state index contributed by atoms with van der Waals surface area (Å²) in [6, 6.07) is 10.1. The number of aromatic nitrogens is 3. The van der Waals surface area contributed by atoms with Gasteiger partial charge >= 0.3 is 0 Å². The van der Waals surface area contributed by atoms with E-state index in [0.29, 0.717) is 16.7 Å². The van der Waals surface area contributed by atoms with Crippen molar-refractivity contribution in [2.45, 2.75) is 4.90 Å². The summed E-state index contributed by atoms with van der Waals surface area (Å²) in [4.78, 5) is 11.5. The summed E-state index contributed by atoms with van der Waals surface area (Å²) >= 11 is 0. The third-order valence-corrected chi connectivity index (χ3v) is 6.31. The fraction of sp³-hybridized carbons (Fsp3) is 0. The van der Waals surface area contributed by atoms with Crippen LogP contribution in [0.4, 0.5) is 14.5 Å². The van der Waals surface area contributed by atoms with Crippen LogP contribution in [0.1, 0.15) is 5.69 Å². The molecule has 0 unspecified atom stereocenters. The Morgan fingerprint density at radius 3 is 2.53 bits per heavy atom. The molecule has 0 spiro atoms. The minimum Gasteiger partial charge on any atom is -0.339 e. The number of hydrogen-bond acceptors (Lipinski definition) is 4. The lowest BCUT2D eigenvalue weighted by atomic mass is 10.1. The second-order valence-electron chi connectivity index (χ2n) is 7.01. The molecule has 2 aromatic carbocycles. The van der Waals surface area contributed by atoms with Gasteiger partial charge in [0.15, 0.2) is 0 Å². The van der Waals surface area contributed by atoms with E-state index in [-0.39, 0.29) is 16.1 Å². The van der Waals surface area contributed by atoms with Gasteiger partial charge in [-0.2, -0.15) is 0 Å². The lowest BCUT2D eigenvalue weighted by Gasteiger charge is -2.10. The standard InChI is InChI=1S/C23H14F2N4O2S/c24-15-5-8-17(9-6-15)32(30,31)29-16-7-10-18(20(25)11-16)22-19-12-21(14-3-1-2-4-14)28-23(19)27-13-26-22/h1-3,5-13,29H,(H,26,27,28). The molecule has 4 aromatic rings. The predicted octanol–water partition coefficient (Wildman–Crippen LogP) is 4.81. The number of nitrogens with one attached hydrogen (secondary N) is 2. The molecule has 0 radical (unpaired) electrons. The molecular formula is C23H14F2N4O2S. The van der Waals surface area contributed by atoms with Crippen molar-refractivity contribution in [2.24, 2.45) is 0 Å². The largest absolute Gasteiger partial charge is 0.339 e. The van der Waals surface area contributed by atoms with Crippen molar-refractivity contribution in [1.29, 1.82) is 0 Å². The van der Waals surface area contributed by atoms with E-state index in [1.54, 1.807) is 6.08 Å². The van der Waals surface area contributed by atoms with Gasteiger partial charge < -0.3 is 4.98 Å². The summed E-state index contributed by atoms with van der Waals surface area (Å²) in [6.07, 6.45) is 6.87. The zero-order valence-corrected chi connectivity index (χ0v) is 17.1. The number of H-pyrrole nitrogens is 1. The Morgan fingerprint density at radius 1 is 1.00 bits per heavy atom. The molecular weight excluding hydrogens is 434 g/mol. The maximum absolute atomic E-state index is 15.0. The number of rotatable bonds is 5. The zero-order valence-electron chi connectivity index (χ0n) is 16.3. The molecule has 158 valence electrons. The Bertz CT molecular complexity index is 1570. The molecule has 0 bridgehead atoms. The molecule has 2 aromatic heterocycles. The molecule has 0 amide bonds. The van der Waals surface area contributed by atoms with Crippen LogP contribution in [-0.4, -0.2) is 23.4 Å². The van der Waals surface area contributed by atoms with Gasteiger partial charge in [0.05, 0.1) is 22.0 Å². The molecule has 1 aliphatic carbocycles. The van der Waals surface area contributed by atoms with Crippen LogP contribution in [0.5, 0.6) is 0 Å². The SMILES string of the molecule is O=S(=O)(Nc1ccc(-c2ncnc3[nH]c(C4=C=CC=C4)cc23)c(F)c1)c1ccc(F)cc1. The van der Waals surface area contributed by atoms with Crippen LogP contribution >= 0.6 is 0 Å². The van der Waals surface area contributed by atoms with Crippen molar-refractivity contribution in [1.82, 2.24) is 15.0 Å². The second kappa shape index (κ2) is 7.56. The van der Waals surface area contributed by atoms with Crippen LogP contribution in [0.25, 0.3) is 27.9 Å². The minimum absolute atomic E-state index is 0.0296. The molecule has 0 aliphatic heterocycles. The highest BCUT2D eigenvalue weighted by atomic mass is 32.2. The Balaban J connectivity index is 1.50. The van der Waals surface area contributed by atoms with E-state index in [0.717, 1.165) is 41.6 Å². The summed E-state index contributed by atoms with van der Waals surface area (Å²) < 4.78 is 55.4. The molecule has 9 heteroatoms. The summed E-state index contributed by atoms with van der Waals surface area (Å²) in [6.45, 7) is 0. The smallest absolute Gasteiger partial charge is 0.261 e. The van der Waals surface area contributed by atoms with Gasteiger partial charge in [-0.05, 0) is 60.7 Å². The summed E-state index contributed by atoms with van der Waals surface area (Å²) in [5.74, 6) is -1.22. The van der Waals surface area contributed by atoms with Gasteiger partial charge in [-0.25, -0.2) is 27.2 Å². The van der Waals surface area contributed by atoms with E-state index in [2.05, 4.69) is 25.4 Å². The first kappa shape index (κ1) is 19.9. The number of aromatic amines is 1. The normalized spacial score (nSPS) is 13.0. The number of halogens is 2. The predicted molar refractivity (Wildman–Crippen MR) is 117 cm³/mol. The fourth-order valence-electron chi connectivity index (χ4n) is 3.40. The third kappa shape index (κ3) is 3.60. The average molecular weight is 448 g/mol. The number of fused-ring (bicyclic) bond motifs is 1. The lowest BCUT2D eigenvalue weighted by Crippen LogP contribution is -2.13. The number of anilines is 1. The van der Waals surface area contributed by atoms with Gasteiger partial charge in [-0.3, -0.25) is 4.72 Å². The Labute approximate surface area is 181 Å². The molecule has 2 heterocycles. The number of hydrogen-bond donors (Lipinski definition) is 2. The highest BCUT2D eigenvalue weighted by Crippen LogP contribution is 2.32. The van der Waals surface area contributed by atoms with E-state index in [9.17, 15) is 12.8 Å². The first-order valence-electron chi connectivity index (χ1n) is 9.46. The summed E-state index contributed by atoms with van der Waals surface area (Å²) in [5, 5.41) is 0.621. The summed E-state index contributed by atoms with van der Waals surface area (Å²) in [7, 11) is -4.00. The molecule has 32 heavy (non-hydrogen) atoms. The van der Waals surface area contributed by atoms with Crippen molar-refractivity contribution in [3.63, 3.8) is 0 Å². The van der Waals surface area contributed by atoms with Crippen LogP contribution in [0, 0.1) is 11.6 Å². The molecule has 6 nitrogen and oxygen atoms in total. The van der Waals surface area contributed by atoms with Crippen LogP contribution in [-0.2, 0) is 10.0 Å². The van der Waals surface area contributed by atoms with Crippen molar-refractivity contribution in [3.05, 3.63) is 96.1 Å². The highest BCUT2D eigenvalue weighted by Gasteiger charge is 2.18.